The summed E-state index contributed by atoms with van der Waals surface area (Å²) in [6.45, 7) is 9.48. The van der Waals surface area contributed by atoms with Gasteiger partial charge in [0.25, 0.3) is 0 Å². The van der Waals surface area contributed by atoms with Crippen LogP contribution in [0.5, 0.6) is 5.75 Å². The molecule has 0 bridgehead atoms. The average molecular weight is 1170 g/mol. The van der Waals surface area contributed by atoms with Crippen LogP contribution in [-0.4, -0.2) is 177 Å². The molecule has 1 heterocycles. The fraction of sp³-hybridized carbons (Fsp3) is 0.622. The number of likely N-dealkylation sites (N-methyl/N-ethyl adjacent to an activating group) is 1. The van der Waals surface area contributed by atoms with Crippen molar-refractivity contribution in [2.75, 3.05) is 26.7 Å². The van der Waals surface area contributed by atoms with Crippen molar-refractivity contribution in [1.29, 1.82) is 0 Å². The molecule has 2 rings (SSSR count). The zero-order chi connectivity index (χ0) is 62.7. The van der Waals surface area contributed by atoms with Gasteiger partial charge in [-0.1, -0.05) is 46.8 Å². The average Bonchev–Trinajstić information content (AvgIpc) is 3.81. The second-order valence-corrected chi connectivity index (χ2v) is 18.7. The number of carbonyl (C=O) groups excluding carboxylic acids is 5. The van der Waals surface area contributed by atoms with Crippen LogP contribution < -0.4 is 49.5 Å². The van der Waals surface area contributed by atoms with Crippen molar-refractivity contribution in [1.82, 2.24) is 31.5 Å². The van der Waals surface area contributed by atoms with Crippen LogP contribution >= 0.6 is 0 Å². The van der Waals surface area contributed by atoms with Gasteiger partial charge in [-0.3, -0.25) is 34.0 Å². The van der Waals surface area contributed by atoms with E-state index in [1.165, 1.54) is 17.0 Å². The lowest BCUT2D eigenvalue weighted by atomic mass is 9.85. The van der Waals surface area contributed by atoms with Gasteiger partial charge < -0.3 is 80.0 Å². The number of nitrogens with one attached hydrogen (secondary N) is 5. The second-order valence-electron chi connectivity index (χ2n) is 18.7. The van der Waals surface area contributed by atoms with Crippen molar-refractivity contribution in [2.24, 2.45) is 44.3 Å². The van der Waals surface area contributed by atoms with E-state index in [4.69, 9.17) is 52.6 Å². The number of aromatic hydroxyl groups is 1. The summed E-state index contributed by atoms with van der Waals surface area (Å²) in [6.07, 6.45) is -13.1. The van der Waals surface area contributed by atoms with E-state index in [0.717, 1.165) is 0 Å². The third-order valence-electron chi connectivity index (χ3n) is 10.5. The quantitative estimate of drug-likeness (QED) is 0.0309. The Morgan fingerprint density at radius 2 is 1.05 bits per heavy atom. The van der Waals surface area contributed by atoms with Crippen LogP contribution in [0.4, 0.5) is 39.5 Å². The lowest BCUT2D eigenvalue weighted by molar-refractivity contribution is -0.193. The van der Waals surface area contributed by atoms with Gasteiger partial charge in [0, 0.05) is 26.1 Å². The Kier molecular flexibility index (Phi) is 31.7. The summed E-state index contributed by atoms with van der Waals surface area (Å²) in [5.74, 6) is -12.7. The Labute approximate surface area is 451 Å². The summed E-state index contributed by atoms with van der Waals surface area (Å²) >= 11 is 0. The molecule has 26 nitrogen and oxygen atoms in total. The lowest BCUT2D eigenvalue weighted by Gasteiger charge is -2.33. The molecule has 1 saturated heterocycles. The predicted molar refractivity (Wildman–Crippen MR) is 265 cm³/mol. The summed E-state index contributed by atoms with van der Waals surface area (Å²) in [5, 5.41) is 54.9. The number of carbonyl (C=O) groups is 9. The fourth-order valence-electron chi connectivity index (χ4n) is 6.66. The summed E-state index contributed by atoms with van der Waals surface area (Å²) < 4.78 is 95.2. The topological polar surface area (TPSA) is 447 Å². The number of carboxylic acids is 4. The minimum Gasteiger partial charge on any atom is -0.508 e. The number of phenols is 1. The molecular formula is C45H69F9N12O14. The minimum atomic E-state index is -5.08. The maximum Gasteiger partial charge on any atom is 0.490 e. The number of nitrogens with two attached hydrogens (primary N) is 4. The van der Waals surface area contributed by atoms with Crippen LogP contribution in [0.15, 0.2) is 34.3 Å². The number of carboxylic acid groups (broad SMARTS) is 4. The zero-order valence-corrected chi connectivity index (χ0v) is 44.1. The number of phenolic OH excluding ortho intramolecular Hbond substituents is 1. The van der Waals surface area contributed by atoms with Gasteiger partial charge in [-0.2, -0.15) is 39.5 Å². The van der Waals surface area contributed by atoms with Crippen molar-refractivity contribution in [3.8, 4) is 5.75 Å². The van der Waals surface area contributed by atoms with Crippen molar-refractivity contribution >= 4 is 65.3 Å². The number of aliphatic carboxylic acids is 4. The van der Waals surface area contributed by atoms with Gasteiger partial charge >= 0.3 is 42.4 Å². The number of hydrogen-bond acceptors (Lipinski definition) is 13. The standard InChI is InChI=1S/C39H66N12O8.3C2HF3O2/c1-22(2)20-28(36(58)59)49-34(56)30(39(3,4)5)50-32(54)27(21-23-13-15-24(52)16-14-23)48-33(55)29-12-9-19-51(29)35(57)26(11-8-18-46-38(42)43)47-31(53)25(44-6)10-7-17-45-37(40)41;3*3-2(4,5)1(6)7/h13-16,22,25-30,44,52H,7-12,17-21H2,1-6H3,(H,47,53)(H,48,55)(H,49,56)(H,50,54)(H,58,59)(H4,40,41,45)(H4,42,43,46);3*(H,6,7)/t25-,26-,27-,28-,29-,30+;;;/m0.../s1. The summed E-state index contributed by atoms with van der Waals surface area (Å²) in [4.78, 5) is 118. The molecule has 1 fully saturated rings. The SMILES string of the molecule is CN[C@@H](CCCN=C(N)N)C(=O)N[C@@H](CCCN=C(N)N)C(=O)N1CCC[C@H]1C(=O)N[C@@H](Cc1ccc(O)cc1)C(=O)N[C@H](C(=O)N[C@@H](CC(C)C)C(=O)O)C(C)(C)C.O=C(O)C(F)(F)F.O=C(O)C(F)(F)F.O=C(O)C(F)(F)F. The van der Waals surface area contributed by atoms with Crippen molar-refractivity contribution in [3.63, 3.8) is 0 Å². The highest BCUT2D eigenvalue weighted by atomic mass is 19.4. The van der Waals surface area contributed by atoms with Crippen molar-refractivity contribution in [2.45, 2.75) is 141 Å². The number of aliphatic imine (C=N–C) groups is 2. The van der Waals surface area contributed by atoms with Gasteiger partial charge in [-0.15, -0.1) is 0 Å². The Hall–Kier alpha value is -7.88. The molecule has 80 heavy (non-hydrogen) atoms. The molecule has 6 atom stereocenters. The van der Waals surface area contributed by atoms with Crippen LogP contribution in [0.2, 0.25) is 0 Å². The monoisotopic (exact) mass is 1170 g/mol. The van der Waals surface area contributed by atoms with Gasteiger partial charge in [0.05, 0.1) is 6.04 Å². The van der Waals surface area contributed by atoms with E-state index in [0.29, 0.717) is 37.8 Å². The molecule has 18 N–H and O–H groups in total. The molecule has 0 unspecified atom stereocenters. The van der Waals surface area contributed by atoms with E-state index in [2.05, 4.69) is 36.6 Å². The van der Waals surface area contributed by atoms with Crippen LogP contribution in [0.25, 0.3) is 0 Å². The fourth-order valence-corrected chi connectivity index (χ4v) is 6.66. The third kappa shape index (κ3) is 30.9. The van der Waals surface area contributed by atoms with E-state index >= 15 is 0 Å². The van der Waals surface area contributed by atoms with Crippen molar-refractivity contribution in [3.05, 3.63) is 29.8 Å². The zero-order valence-electron chi connectivity index (χ0n) is 44.1. The highest BCUT2D eigenvalue weighted by Gasteiger charge is 2.42. The molecular weight excluding hydrogens is 1100 g/mol. The first kappa shape index (κ1) is 74.2. The third-order valence-corrected chi connectivity index (χ3v) is 10.5. The molecule has 0 radical (unpaired) electrons. The van der Waals surface area contributed by atoms with Gasteiger partial charge in [0.15, 0.2) is 11.9 Å². The van der Waals surface area contributed by atoms with E-state index in [9.17, 15) is 78.5 Å². The number of nitrogens with zero attached hydrogens (tertiary/aromatic N) is 3. The van der Waals surface area contributed by atoms with Gasteiger partial charge in [-0.25, -0.2) is 19.2 Å². The molecule has 0 aromatic heterocycles. The molecule has 456 valence electrons. The van der Waals surface area contributed by atoms with Crippen LogP contribution in [0, 0.1) is 11.3 Å². The number of halogens is 9. The molecule has 0 spiro atoms. The summed E-state index contributed by atoms with van der Waals surface area (Å²) in [5.41, 5.74) is 21.5. The van der Waals surface area contributed by atoms with Gasteiger partial charge in [-0.05, 0) is 81.0 Å². The molecule has 5 amide bonds. The Morgan fingerprint density at radius 3 is 1.43 bits per heavy atom. The van der Waals surface area contributed by atoms with E-state index in [1.807, 2.05) is 13.8 Å². The number of alkyl halides is 9. The van der Waals surface area contributed by atoms with Crippen LogP contribution in [-0.2, 0) is 49.6 Å². The largest absolute Gasteiger partial charge is 0.508 e. The first-order chi connectivity index (χ1) is 36.5. The molecule has 0 aliphatic carbocycles. The normalized spacial score (nSPS) is 15.1. The molecule has 0 saturated carbocycles. The first-order valence-corrected chi connectivity index (χ1v) is 23.7. The minimum absolute atomic E-state index is 0.00956. The molecule has 1 aromatic rings. The van der Waals surface area contributed by atoms with Crippen LogP contribution in [0.1, 0.15) is 85.1 Å². The van der Waals surface area contributed by atoms with Gasteiger partial charge in [0.1, 0.15) is 36.0 Å². The molecule has 1 aliphatic rings. The Bertz CT molecular complexity index is 2220. The first-order valence-electron chi connectivity index (χ1n) is 23.7. The number of guanidine groups is 2. The summed E-state index contributed by atoms with van der Waals surface area (Å²) in [7, 11) is 1.61. The Morgan fingerprint density at radius 1 is 0.637 bits per heavy atom. The van der Waals surface area contributed by atoms with Gasteiger partial charge in [0.2, 0.25) is 29.5 Å². The van der Waals surface area contributed by atoms with E-state index < -0.39 is 114 Å². The lowest BCUT2D eigenvalue weighted by Crippen LogP contribution is -2.61. The number of likely N-dealkylation sites (tertiary alicyclic amines) is 1. The van der Waals surface area contributed by atoms with Crippen LogP contribution in [0.3, 0.4) is 0 Å². The highest BCUT2D eigenvalue weighted by molar-refractivity contribution is 5.97. The molecule has 1 aromatic carbocycles. The second kappa shape index (κ2) is 34.2. The summed E-state index contributed by atoms with van der Waals surface area (Å²) in [6, 6.07) is -0.378. The molecule has 35 heteroatoms. The van der Waals surface area contributed by atoms with Crippen molar-refractivity contribution < 1.29 is 108 Å². The van der Waals surface area contributed by atoms with E-state index in [1.54, 1.807) is 40.0 Å². The molecule has 1 aliphatic heterocycles. The number of amides is 5. The van der Waals surface area contributed by atoms with E-state index in [-0.39, 0.29) is 62.4 Å². The number of benzene rings is 1. The highest BCUT2D eigenvalue weighted by Crippen LogP contribution is 2.23. The number of rotatable bonds is 23. The number of hydrogen-bond donors (Lipinski definition) is 14. The smallest absolute Gasteiger partial charge is 0.490 e. The maximum atomic E-state index is 14.2. The Balaban J connectivity index is 0. The predicted octanol–water partition coefficient (Wildman–Crippen LogP) is 0.637. The maximum absolute atomic E-state index is 14.2.